The first-order valence-electron chi connectivity index (χ1n) is 19.2. The fourth-order valence-electron chi connectivity index (χ4n) is 8.14. The average Bonchev–Trinajstić information content (AvgIpc) is 3.46. The van der Waals surface area contributed by atoms with E-state index in [1.165, 1.54) is 71.6 Å². The zero-order valence-corrected chi connectivity index (χ0v) is 34.8. The standard InChI is InChI=1S/C48H58OSi2/c1-12-27-49-47-45(50(7,8)9)28-32(4)29-46(47)51(10,11)48-43-30-39(37-19-15-35(16-20-37)33(5)13-2)23-25-41(43)42-26-24-40(31-44(42)48)38-21-17-36(18-22-38)34(6)14-3/h12,15-26,28-31,33-34,48H,1,13-14,27H2,2-11H3. The Kier molecular flexibility index (Phi) is 10.5. The van der Waals surface area contributed by atoms with E-state index < -0.39 is 16.1 Å². The van der Waals surface area contributed by atoms with Crippen molar-refractivity contribution in [2.45, 2.75) is 97.6 Å². The summed E-state index contributed by atoms with van der Waals surface area (Å²) in [7, 11) is -4.05. The highest BCUT2D eigenvalue weighted by atomic mass is 28.3. The van der Waals surface area contributed by atoms with Crippen molar-refractivity contribution < 1.29 is 4.74 Å². The highest BCUT2D eigenvalue weighted by Crippen LogP contribution is 2.51. The molecule has 6 rings (SSSR count). The summed E-state index contributed by atoms with van der Waals surface area (Å²) in [6.07, 6.45) is 4.20. The lowest BCUT2D eigenvalue weighted by molar-refractivity contribution is 0.368. The predicted molar refractivity (Wildman–Crippen MR) is 229 cm³/mol. The van der Waals surface area contributed by atoms with Crippen molar-refractivity contribution >= 4 is 26.5 Å². The summed E-state index contributed by atoms with van der Waals surface area (Å²) in [6.45, 7) is 28.5. The largest absolute Gasteiger partial charge is 0.490 e. The molecule has 1 nitrogen and oxygen atoms in total. The molecular weight excluding hydrogens is 649 g/mol. The van der Waals surface area contributed by atoms with Gasteiger partial charge in [0.05, 0.1) is 16.1 Å². The zero-order valence-electron chi connectivity index (χ0n) is 32.8. The van der Waals surface area contributed by atoms with Crippen LogP contribution >= 0.6 is 0 Å². The van der Waals surface area contributed by atoms with Gasteiger partial charge in [-0.05, 0) is 97.6 Å². The molecule has 1 aliphatic carbocycles. The third-order valence-electron chi connectivity index (χ3n) is 11.7. The van der Waals surface area contributed by atoms with Crippen molar-refractivity contribution in [1.82, 2.24) is 0 Å². The van der Waals surface area contributed by atoms with E-state index in [9.17, 15) is 0 Å². The van der Waals surface area contributed by atoms with Crippen LogP contribution in [0, 0.1) is 6.92 Å². The molecule has 0 radical (unpaired) electrons. The van der Waals surface area contributed by atoms with Crippen LogP contribution in [0.25, 0.3) is 33.4 Å². The van der Waals surface area contributed by atoms with Crippen LogP contribution in [0.2, 0.25) is 32.7 Å². The Morgan fingerprint density at radius 1 is 0.627 bits per heavy atom. The van der Waals surface area contributed by atoms with Crippen molar-refractivity contribution in [3.05, 3.63) is 138 Å². The van der Waals surface area contributed by atoms with Gasteiger partial charge in [0.1, 0.15) is 12.4 Å². The molecule has 0 amide bonds. The third kappa shape index (κ3) is 7.13. The van der Waals surface area contributed by atoms with Crippen LogP contribution in [0.15, 0.2) is 110 Å². The van der Waals surface area contributed by atoms with E-state index in [-0.39, 0.29) is 5.54 Å². The number of fused-ring (bicyclic) bond motifs is 3. The number of hydrogen-bond acceptors (Lipinski definition) is 1. The highest BCUT2D eigenvalue weighted by molar-refractivity contribution is 6.94. The molecule has 0 fully saturated rings. The molecular formula is C48H58OSi2. The van der Waals surface area contributed by atoms with Crippen molar-refractivity contribution in [2.24, 2.45) is 0 Å². The molecule has 51 heavy (non-hydrogen) atoms. The van der Waals surface area contributed by atoms with E-state index in [1.54, 1.807) is 0 Å². The lowest BCUT2D eigenvalue weighted by Crippen LogP contribution is -2.52. The van der Waals surface area contributed by atoms with Crippen LogP contribution < -0.4 is 15.1 Å². The number of rotatable bonds is 12. The van der Waals surface area contributed by atoms with Crippen LogP contribution in [0.1, 0.15) is 85.7 Å². The summed E-state index contributed by atoms with van der Waals surface area (Å²) in [5, 5.41) is 2.85. The Morgan fingerprint density at radius 2 is 1.06 bits per heavy atom. The molecule has 0 bridgehead atoms. The Labute approximate surface area is 310 Å². The Bertz CT molecular complexity index is 1930. The zero-order chi connectivity index (χ0) is 36.7. The molecule has 5 aromatic carbocycles. The highest BCUT2D eigenvalue weighted by Gasteiger charge is 2.45. The second-order valence-electron chi connectivity index (χ2n) is 16.7. The normalized spacial score (nSPS) is 15.2. The van der Waals surface area contributed by atoms with E-state index >= 15 is 0 Å². The molecule has 0 N–H and O–H groups in total. The van der Waals surface area contributed by atoms with Gasteiger partial charge in [-0.25, -0.2) is 0 Å². The molecule has 0 aromatic heterocycles. The van der Waals surface area contributed by atoms with E-state index in [2.05, 4.69) is 171 Å². The van der Waals surface area contributed by atoms with Gasteiger partial charge in [-0.3, -0.25) is 0 Å². The van der Waals surface area contributed by atoms with E-state index in [4.69, 9.17) is 4.74 Å². The summed E-state index contributed by atoms with van der Waals surface area (Å²) >= 11 is 0. The van der Waals surface area contributed by atoms with Crippen molar-refractivity contribution in [3.8, 4) is 39.1 Å². The van der Waals surface area contributed by atoms with Crippen molar-refractivity contribution in [1.29, 1.82) is 0 Å². The summed E-state index contributed by atoms with van der Waals surface area (Å²) in [4.78, 5) is 0. The van der Waals surface area contributed by atoms with Gasteiger partial charge in [0, 0.05) is 5.54 Å². The monoisotopic (exact) mass is 706 g/mol. The Hall–Kier alpha value is -3.93. The summed E-state index contributed by atoms with van der Waals surface area (Å²) in [5.41, 5.74) is 15.3. The molecule has 0 spiro atoms. The molecule has 3 heteroatoms. The summed E-state index contributed by atoms with van der Waals surface area (Å²) in [5.74, 6) is 2.26. The minimum absolute atomic E-state index is 0.267. The summed E-state index contributed by atoms with van der Waals surface area (Å²) in [6, 6.07) is 38.0. The first-order valence-corrected chi connectivity index (χ1v) is 25.7. The molecule has 5 aromatic rings. The van der Waals surface area contributed by atoms with E-state index in [0.29, 0.717) is 18.4 Å². The minimum atomic E-state index is -2.33. The average molecular weight is 707 g/mol. The van der Waals surface area contributed by atoms with Gasteiger partial charge in [-0.15, -0.1) is 0 Å². The maximum absolute atomic E-state index is 6.74. The molecule has 2 unspecified atom stereocenters. The molecule has 0 saturated carbocycles. The molecule has 2 atom stereocenters. The molecule has 0 aliphatic heterocycles. The van der Waals surface area contributed by atoms with Gasteiger partial charge in [0.2, 0.25) is 0 Å². The Morgan fingerprint density at radius 3 is 1.47 bits per heavy atom. The molecule has 1 aliphatic rings. The fraction of sp³-hybridized carbons (Fsp3) is 0.333. The summed E-state index contributed by atoms with van der Waals surface area (Å²) < 4.78 is 6.74. The van der Waals surface area contributed by atoms with Gasteiger partial charge in [0.15, 0.2) is 0 Å². The minimum Gasteiger partial charge on any atom is -0.490 e. The van der Waals surface area contributed by atoms with Crippen LogP contribution in [0.3, 0.4) is 0 Å². The number of benzene rings is 5. The lowest BCUT2D eigenvalue weighted by Gasteiger charge is -2.36. The molecule has 0 saturated heterocycles. The van der Waals surface area contributed by atoms with Gasteiger partial charge < -0.3 is 4.74 Å². The second kappa shape index (κ2) is 14.6. The maximum atomic E-state index is 6.74. The number of ether oxygens (including phenoxy) is 1. The van der Waals surface area contributed by atoms with Crippen LogP contribution in [0.4, 0.5) is 0 Å². The lowest BCUT2D eigenvalue weighted by atomic mass is 9.94. The third-order valence-corrected chi connectivity index (χ3v) is 17.5. The van der Waals surface area contributed by atoms with Crippen molar-refractivity contribution in [3.63, 3.8) is 0 Å². The van der Waals surface area contributed by atoms with Crippen LogP contribution in [0.5, 0.6) is 5.75 Å². The van der Waals surface area contributed by atoms with E-state index in [0.717, 1.165) is 18.6 Å². The SMILES string of the molecule is C=CCOc1c([Si](C)(C)C)cc(C)cc1[Si](C)(C)C1c2cc(-c3ccc(C(C)CC)cc3)ccc2-c2ccc(-c3ccc(C(C)CC)cc3)cc21. The van der Waals surface area contributed by atoms with Crippen LogP contribution in [-0.2, 0) is 0 Å². The predicted octanol–water partition coefficient (Wildman–Crippen LogP) is 12.7. The smallest absolute Gasteiger partial charge is 0.118 e. The van der Waals surface area contributed by atoms with Gasteiger partial charge in [0.25, 0.3) is 0 Å². The number of hydrogen-bond donors (Lipinski definition) is 0. The van der Waals surface area contributed by atoms with Gasteiger partial charge in [-0.2, -0.15) is 0 Å². The molecule has 0 heterocycles. The van der Waals surface area contributed by atoms with Crippen LogP contribution in [-0.4, -0.2) is 22.8 Å². The number of aryl methyl sites for hydroxylation is 1. The topological polar surface area (TPSA) is 9.23 Å². The Balaban J connectivity index is 1.55. The van der Waals surface area contributed by atoms with E-state index in [1.807, 2.05) is 6.08 Å². The second-order valence-corrected chi connectivity index (χ2v) is 26.3. The van der Waals surface area contributed by atoms with Gasteiger partial charge >= 0.3 is 0 Å². The fourth-order valence-corrected chi connectivity index (χ4v) is 13.5. The molecule has 264 valence electrons. The van der Waals surface area contributed by atoms with Crippen molar-refractivity contribution in [2.75, 3.05) is 6.61 Å². The maximum Gasteiger partial charge on any atom is 0.118 e. The quantitative estimate of drug-likeness (QED) is 0.0927. The van der Waals surface area contributed by atoms with Gasteiger partial charge in [-0.1, -0.05) is 176 Å². The first-order chi connectivity index (χ1) is 24.3. The first kappa shape index (κ1) is 36.9.